The van der Waals surface area contributed by atoms with Crippen LogP contribution in [-0.2, 0) is 4.79 Å². The Morgan fingerprint density at radius 3 is 2.89 bits per heavy atom. The van der Waals surface area contributed by atoms with Gasteiger partial charge in [-0.2, -0.15) is 4.91 Å². The van der Waals surface area contributed by atoms with Gasteiger partial charge in [0.15, 0.2) is 6.54 Å². The Morgan fingerprint density at radius 1 is 1.56 bits per heavy atom. The molecule has 8 nitrogen and oxygen atoms in total. The molecule has 8 heteroatoms. The number of rotatable bonds is 5. The van der Waals surface area contributed by atoms with Gasteiger partial charge in [-0.15, -0.1) is 0 Å². The molecule has 0 saturated carbocycles. The molecular weight excluding hydrogens is 236 g/mol. The van der Waals surface area contributed by atoms with Crippen molar-refractivity contribution in [3.63, 3.8) is 0 Å². The highest BCUT2D eigenvalue weighted by Gasteiger charge is 2.14. The minimum absolute atomic E-state index is 0.341. The summed E-state index contributed by atoms with van der Waals surface area (Å²) in [5, 5.41) is 5.12. The number of hydrogen-bond acceptors (Lipinski definition) is 7. The number of nitrogens with zero attached hydrogens (tertiary/aromatic N) is 5. The largest absolute Gasteiger partial charge is 0.354 e. The van der Waals surface area contributed by atoms with Crippen LogP contribution in [0.4, 0.5) is 0 Å². The average molecular weight is 254 g/mol. The molecule has 0 aromatic heterocycles. The van der Waals surface area contributed by atoms with Crippen LogP contribution in [0, 0.1) is 4.91 Å². The van der Waals surface area contributed by atoms with Crippen molar-refractivity contribution in [1.29, 1.82) is 0 Å². The lowest BCUT2D eigenvalue weighted by molar-refractivity contribution is -0.119. The number of carbonyl (C=O) groups excluding carboxylic acids is 1. The second kappa shape index (κ2) is 6.67. The zero-order chi connectivity index (χ0) is 13.5. The van der Waals surface area contributed by atoms with Gasteiger partial charge in [0.2, 0.25) is 11.9 Å². The Labute approximate surface area is 106 Å². The molecule has 1 N–H and O–H groups in total. The number of guanidine groups is 1. The maximum absolute atomic E-state index is 11.0. The van der Waals surface area contributed by atoms with Gasteiger partial charge in [-0.25, -0.2) is 9.98 Å². The Hall–Kier alpha value is -1.99. The van der Waals surface area contributed by atoms with Gasteiger partial charge >= 0.3 is 0 Å². The molecule has 0 unspecified atom stereocenters. The van der Waals surface area contributed by atoms with Crippen LogP contribution in [0.2, 0.25) is 0 Å². The highest BCUT2D eigenvalue weighted by molar-refractivity contribution is 5.97. The first-order valence-electron chi connectivity index (χ1n) is 5.61. The third kappa shape index (κ3) is 4.11. The number of carbonyl (C=O) groups is 1. The molecule has 0 atom stereocenters. The van der Waals surface area contributed by atoms with Gasteiger partial charge in [-0.05, 0) is 0 Å². The second-order valence-electron chi connectivity index (χ2n) is 4.11. The van der Waals surface area contributed by atoms with Crippen LogP contribution < -0.4 is 5.32 Å². The molecule has 100 valence electrons. The molecule has 1 aliphatic rings. The standard InChI is InChI=1S/C10H18N6O2/c1-15(2)10-12-7-16(3)8(14-10)4-5-11-9(17)6-13-18/h4-7H2,1-3H3,(H,11,17). The van der Waals surface area contributed by atoms with E-state index in [2.05, 4.69) is 20.5 Å². The normalized spacial score (nSPS) is 14.7. The van der Waals surface area contributed by atoms with E-state index in [1.54, 1.807) is 0 Å². The molecule has 18 heavy (non-hydrogen) atoms. The van der Waals surface area contributed by atoms with Crippen molar-refractivity contribution in [1.82, 2.24) is 15.1 Å². The molecule has 0 bridgehead atoms. The second-order valence-corrected chi connectivity index (χ2v) is 4.11. The fourth-order valence-electron chi connectivity index (χ4n) is 1.40. The van der Waals surface area contributed by atoms with Gasteiger partial charge in [0.1, 0.15) is 12.5 Å². The predicted octanol–water partition coefficient (Wildman–Crippen LogP) is -0.522. The van der Waals surface area contributed by atoms with E-state index in [1.807, 2.05) is 30.9 Å². The summed E-state index contributed by atoms with van der Waals surface area (Å²) in [6, 6.07) is 0. The minimum atomic E-state index is -0.370. The summed E-state index contributed by atoms with van der Waals surface area (Å²) in [5.74, 6) is 1.16. The molecule has 0 fully saturated rings. The first kappa shape index (κ1) is 14.1. The molecule has 0 saturated heterocycles. The molecule has 1 amide bonds. The maximum Gasteiger partial charge on any atom is 0.245 e. The summed E-state index contributed by atoms with van der Waals surface area (Å²) in [6.07, 6.45) is 0.591. The Balaban J connectivity index is 2.47. The third-order valence-electron chi connectivity index (χ3n) is 2.37. The first-order chi connectivity index (χ1) is 8.54. The van der Waals surface area contributed by atoms with Crippen molar-refractivity contribution >= 4 is 17.7 Å². The third-order valence-corrected chi connectivity index (χ3v) is 2.37. The minimum Gasteiger partial charge on any atom is -0.354 e. The summed E-state index contributed by atoms with van der Waals surface area (Å²) in [5.41, 5.74) is 0. The monoisotopic (exact) mass is 254 g/mol. The van der Waals surface area contributed by atoms with Crippen molar-refractivity contribution in [3.8, 4) is 0 Å². The van der Waals surface area contributed by atoms with Gasteiger partial charge < -0.3 is 15.1 Å². The zero-order valence-corrected chi connectivity index (χ0v) is 10.9. The average Bonchev–Trinajstić information content (AvgIpc) is 2.31. The van der Waals surface area contributed by atoms with Crippen molar-refractivity contribution in [2.24, 2.45) is 15.2 Å². The van der Waals surface area contributed by atoms with E-state index in [-0.39, 0.29) is 12.5 Å². The fourth-order valence-corrected chi connectivity index (χ4v) is 1.40. The molecule has 0 radical (unpaired) electrons. The van der Waals surface area contributed by atoms with E-state index >= 15 is 0 Å². The van der Waals surface area contributed by atoms with Gasteiger partial charge in [0.05, 0.1) is 0 Å². The molecule has 0 spiro atoms. The molecular formula is C10H18N6O2. The van der Waals surface area contributed by atoms with Crippen LogP contribution in [0.15, 0.2) is 15.2 Å². The lowest BCUT2D eigenvalue weighted by Crippen LogP contribution is -2.38. The number of nitrogens with one attached hydrogen (secondary N) is 1. The van der Waals surface area contributed by atoms with E-state index in [9.17, 15) is 9.70 Å². The van der Waals surface area contributed by atoms with E-state index < -0.39 is 0 Å². The number of hydrogen-bond donors (Lipinski definition) is 1. The van der Waals surface area contributed by atoms with Gasteiger partial charge in [-0.1, -0.05) is 5.18 Å². The van der Waals surface area contributed by atoms with Crippen LogP contribution >= 0.6 is 0 Å². The van der Waals surface area contributed by atoms with Crippen molar-refractivity contribution in [2.75, 3.05) is 40.9 Å². The Morgan fingerprint density at radius 2 is 2.28 bits per heavy atom. The topological polar surface area (TPSA) is 89.7 Å². The van der Waals surface area contributed by atoms with E-state index in [0.29, 0.717) is 25.6 Å². The number of nitroso groups, excluding NO2 is 1. The fraction of sp³-hybridized carbons (Fsp3) is 0.700. The Kier molecular flexibility index (Phi) is 5.22. The van der Waals surface area contributed by atoms with Crippen LogP contribution in [0.25, 0.3) is 0 Å². The summed E-state index contributed by atoms with van der Waals surface area (Å²) in [6.45, 7) is 0.640. The number of amides is 1. The molecule has 1 heterocycles. The first-order valence-corrected chi connectivity index (χ1v) is 5.61. The van der Waals surface area contributed by atoms with Gasteiger partial charge in [-0.3, -0.25) is 4.79 Å². The van der Waals surface area contributed by atoms with Crippen molar-refractivity contribution in [3.05, 3.63) is 4.91 Å². The van der Waals surface area contributed by atoms with E-state index in [0.717, 1.165) is 5.84 Å². The van der Waals surface area contributed by atoms with Crippen LogP contribution in [0.1, 0.15) is 6.42 Å². The van der Waals surface area contributed by atoms with Crippen LogP contribution in [0.5, 0.6) is 0 Å². The number of aliphatic imine (C=N–C) groups is 2. The molecule has 0 aromatic rings. The highest BCUT2D eigenvalue weighted by atomic mass is 16.3. The quantitative estimate of drug-likeness (QED) is 0.668. The number of amidine groups is 1. The Bertz CT molecular complexity index is 377. The molecule has 0 aliphatic carbocycles. The van der Waals surface area contributed by atoms with Gasteiger partial charge in [0, 0.05) is 34.1 Å². The van der Waals surface area contributed by atoms with Crippen molar-refractivity contribution < 1.29 is 4.79 Å². The van der Waals surface area contributed by atoms with Gasteiger partial charge in [0.25, 0.3) is 0 Å². The summed E-state index contributed by atoms with van der Waals surface area (Å²) in [4.78, 5) is 33.3. The maximum atomic E-state index is 11.0. The van der Waals surface area contributed by atoms with E-state index in [1.165, 1.54) is 0 Å². The summed E-state index contributed by atoms with van der Waals surface area (Å²) < 4.78 is 0. The SMILES string of the molecule is CN(C)C1=NCN(C)C(CCNC(=O)CN=O)=N1. The smallest absolute Gasteiger partial charge is 0.245 e. The van der Waals surface area contributed by atoms with Crippen molar-refractivity contribution in [2.45, 2.75) is 6.42 Å². The molecule has 1 rings (SSSR count). The molecule has 0 aromatic carbocycles. The van der Waals surface area contributed by atoms with Crippen LogP contribution in [0.3, 0.4) is 0 Å². The lowest BCUT2D eigenvalue weighted by atomic mass is 10.3. The zero-order valence-electron chi connectivity index (χ0n) is 10.9. The highest BCUT2D eigenvalue weighted by Crippen LogP contribution is 2.03. The van der Waals surface area contributed by atoms with Crippen LogP contribution in [-0.4, -0.2) is 68.4 Å². The lowest BCUT2D eigenvalue weighted by Gasteiger charge is -2.25. The summed E-state index contributed by atoms with van der Waals surface area (Å²) in [7, 11) is 5.65. The predicted molar refractivity (Wildman–Crippen MR) is 69.5 cm³/mol. The summed E-state index contributed by atoms with van der Waals surface area (Å²) >= 11 is 0. The molecule has 1 aliphatic heterocycles. The van der Waals surface area contributed by atoms with E-state index in [4.69, 9.17) is 0 Å².